The third-order valence-corrected chi connectivity index (χ3v) is 1.96. The monoisotopic (exact) mass is 182 g/mol. The van der Waals surface area contributed by atoms with E-state index in [0.717, 1.165) is 5.69 Å². The molecule has 0 bridgehead atoms. The summed E-state index contributed by atoms with van der Waals surface area (Å²) >= 11 is 0. The number of rotatable bonds is 1. The Balaban J connectivity index is 3.01. The maximum Gasteiger partial charge on any atom is 0.137 e. The molecule has 0 unspecified atom stereocenters. The highest BCUT2D eigenvalue weighted by Crippen LogP contribution is 2.23. The first-order chi connectivity index (χ1) is 5.71. The Hall–Kier alpha value is -0.830. The molecular formula is C10H18N2O. The van der Waals surface area contributed by atoms with Gasteiger partial charge in [-0.15, -0.1) is 0 Å². The number of H-pyrrole nitrogens is 1. The number of hydrogen-bond donors (Lipinski definition) is 2. The molecule has 3 nitrogen and oxygen atoms in total. The molecule has 0 radical (unpaired) electrons. The van der Waals surface area contributed by atoms with E-state index in [1.54, 1.807) is 20.0 Å². The van der Waals surface area contributed by atoms with Gasteiger partial charge in [0.05, 0.1) is 0 Å². The van der Waals surface area contributed by atoms with Gasteiger partial charge in [0.15, 0.2) is 0 Å². The van der Waals surface area contributed by atoms with E-state index in [2.05, 4.69) is 30.7 Å². The van der Waals surface area contributed by atoms with Gasteiger partial charge in [0.25, 0.3) is 0 Å². The lowest BCUT2D eigenvalue weighted by molar-refractivity contribution is 0.0694. The third-order valence-electron chi connectivity index (χ3n) is 1.96. The Morgan fingerprint density at radius 3 is 2.00 bits per heavy atom. The molecule has 3 heteroatoms. The highest BCUT2D eigenvalue weighted by molar-refractivity contribution is 5.13. The molecule has 1 aromatic heterocycles. The van der Waals surface area contributed by atoms with Crippen molar-refractivity contribution in [2.75, 3.05) is 0 Å². The minimum atomic E-state index is -0.885. The van der Waals surface area contributed by atoms with Crippen molar-refractivity contribution >= 4 is 0 Å². The van der Waals surface area contributed by atoms with E-state index in [9.17, 15) is 5.11 Å². The second kappa shape index (κ2) is 2.84. The maximum atomic E-state index is 9.67. The highest BCUT2D eigenvalue weighted by atomic mass is 16.3. The van der Waals surface area contributed by atoms with Gasteiger partial charge >= 0.3 is 0 Å². The van der Waals surface area contributed by atoms with Gasteiger partial charge in [0, 0.05) is 17.3 Å². The Labute approximate surface area is 79.2 Å². The van der Waals surface area contributed by atoms with E-state index in [-0.39, 0.29) is 5.41 Å². The summed E-state index contributed by atoms with van der Waals surface area (Å²) in [5, 5.41) is 9.67. The van der Waals surface area contributed by atoms with Crippen molar-refractivity contribution in [3.8, 4) is 0 Å². The molecule has 13 heavy (non-hydrogen) atoms. The maximum absolute atomic E-state index is 9.67. The van der Waals surface area contributed by atoms with Crippen LogP contribution in [0, 0.1) is 0 Å². The Bertz CT molecular complexity index is 260. The van der Waals surface area contributed by atoms with Gasteiger partial charge < -0.3 is 10.1 Å². The lowest BCUT2D eigenvalue weighted by Crippen LogP contribution is -2.18. The summed E-state index contributed by atoms with van der Waals surface area (Å²) in [4.78, 5) is 7.28. The number of aromatic nitrogens is 2. The van der Waals surface area contributed by atoms with Crippen molar-refractivity contribution in [3.05, 3.63) is 17.7 Å². The molecule has 0 atom stereocenters. The Morgan fingerprint density at radius 1 is 1.23 bits per heavy atom. The molecule has 0 amide bonds. The van der Waals surface area contributed by atoms with Gasteiger partial charge in [-0.3, -0.25) is 0 Å². The average molecular weight is 182 g/mol. The van der Waals surface area contributed by atoms with Crippen LogP contribution in [0.25, 0.3) is 0 Å². The van der Waals surface area contributed by atoms with Gasteiger partial charge in [0.1, 0.15) is 11.4 Å². The van der Waals surface area contributed by atoms with Crippen molar-refractivity contribution in [1.82, 2.24) is 9.97 Å². The molecule has 1 heterocycles. The average Bonchev–Trinajstić information content (AvgIpc) is 2.28. The molecule has 0 saturated carbocycles. The van der Waals surface area contributed by atoms with Gasteiger partial charge in [-0.05, 0) is 13.8 Å². The van der Waals surface area contributed by atoms with E-state index >= 15 is 0 Å². The lowest BCUT2D eigenvalue weighted by Gasteiger charge is -2.17. The predicted molar refractivity (Wildman–Crippen MR) is 52.5 cm³/mol. The molecule has 74 valence electrons. The second-order valence-electron chi connectivity index (χ2n) is 4.95. The molecule has 0 aliphatic heterocycles. The van der Waals surface area contributed by atoms with E-state index in [0.29, 0.717) is 5.82 Å². The number of aliphatic hydroxyl groups is 1. The van der Waals surface area contributed by atoms with Crippen LogP contribution in [-0.4, -0.2) is 15.1 Å². The van der Waals surface area contributed by atoms with Crippen molar-refractivity contribution in [3.63, 3.8) is 0 Å². The zero-order valence-corrected chi connectivity index (χ0v) is 8.97. The molecule has 0 aliphatic rings. The van der Waals surface area contributed by atoms with Gasteiger partial charge in [-0.25, -0.2) is 4.98 Å². The van der Waals surface area contributed by atoms with Gasteiger partial charge in [0.2, 0.25) is 0 Å². The first-order valence-electron chi connectivity index (χ1n) is 4.49. The van der Waals surface area contributed by atoms with Gasteiger partial charge in [-0.1, -0.05) is 20.8 Å². The highest BCUT2D eigenvalue weighted by Gasteiger charge is 2.23. The topological polar surface area (TPSA) is 48.9 Å². The number of aromatic amines is 1. The first kappa shape index (κ1) is 10.3. The molecule has 0 aliphatic carbocycles. The van der Waals surface area contributed by atoms with Crippen molar-refractivity contribution in [1.29, 1.82) is 0 Å². The van der Waals surface area contributed by atoms with Crippen LogP contribution in [0.2, 0.25) is 0 Å². The van der Waals surface area contributed by atoms with Gasteiger partial charge in [-0.2, -0.15) is 0 Å². The molecule has 0 saturated heterocycles. The minimum Gasteiger partial charge on any atom is -0.383 e. The van der Waals surface area contributed by atoms with E-state index < -0.39 is 5.60 Å². The van der Waals surface area contributed by atoms with Crippen LogP contribution in [0.15, 0.2) is 6.20 Å². The molecule has 2 N–H and O–H groups in total. The summed E-state index contributed by atoms with van der Waals surface area (Å²) in [5.41, 5.74) is 0.213. The zero-order chi connectivity index (χ0) is 10.3. The van der Waals surface area contributed by atoms with E-state index in [4.69, 9.17) is 0 Å². The van der Waals surface area contributed by atoms with E-state index in [1.165, 1.54) is 0 Å². The summed E-state index contributed by atoms with van der Waals surface area (Å²) in [6.07, 6.45) is 1.79. The molecule has 0 aromatic carbocycles. The summed E-state index contributed by atoms with van der Waals surface area (Å²) < 4.78 is 0. The quantitative estimate of drug-likeness (QED) is 0.697. The molecule has 1 rings (SSSR count). The first-order valence-corrected chi connectivity index (χ1v) is 4.49. The fourth-order valence-electron chi connectivity index (χ4n) is 1.01. The van der Waals surface area contributed by atoms with Crippen LogP contribution in [-0.2, 0) is 11.0 Å². The Kier molecular flexibility index (Phi) is 2.24. The minimum absolute atomic E-state index is 0.0521. The molecule has 0 spiro atoms. The molecular weight excluding hydrogens is 164 g/mol. The summed E-state index contributed by atoms with van der Waals surface area (Å²) in [5.74, 6) is 0.623. The zero-order valence-electron chi connectivity index (χ0n) is 8.97. The number of imidazole rings is 1. The van der Waals surface area contributed by atoms with Crippen molar-refractivity contribution < 1.29 is 5.11 Å². The van der Waals surface area contributed by atoms with Crippen molar-refractivity contribution in [2.45, 2.75) is 45.6 Å². The largest absolute Gasteiger partial charge is 0.383 e. The third kappa shape index (κ3) is 2.31. The SMILES string of the molecule is CC(C)(C)c1cnc(C(C)(C)O)[nH]1. The van der Waals surface area contributed by atoms with Crippen LogP contribution in [0.4, 0.5) is 0 Å². The number of nitrogens with zero attached hydrogens (tertiary/aromatic N) is 1. The van der Waals surface area contributed by atoms with Crippen LogP contribution >= 0.6 is 0 Å². The normalized spacial score (nSPS) is 13.4. The van der Waals surface area contributed by atoms with Crippen LogP contribution in [0.3, 0.4) is 0 Å². The summed E-state index contributed by atoms with van der Waals surface area (Å²) in [7, 11) is 0. The fraction of sp³-hybridized carbons (Fsp3) is 0.700. The number of hydrogen-bond acceptors (Lipinski definition) is 2. The standard InChI is InChI=1S/C10H18N2O/c1-9(2,3)7-6-11-8(12-7)10(4,5)13/h6,13H,1-5H3,(H,11,12). The Morgan fingerprint density at radius 2 is 1.77 bits per heavy atom. The van der Waals surface area contributed by atoms with Crippen LogP contribution in [0.1, 0.15) is 46.1 Å². The second-order valence-corrected chi connectivity index (χ2v) is 4.95. The summed E-state index contributed by atoms with van der Waals surface area (Å²) in [6.45, 7) is 9.76. The van der Waals surface area contributed by atoms with Crippen LogP contribution in [0.5, 0.6) is 0 Å². The number of nitrogens with one attached hydrogen (secondary N) is 1. The fourth-order valence-corrected chi connectivity index (χ4v) is 1.01. The molecule has 1 aromatic rings. The smallest absolute Gasteiger partial charge is 0.137 e. The lowest BCUT2D eigenvalue weighted by atomic mass is 9.93. The van der Waals surface area contributed by atoms with E-state index in [1.807, 2.05) is 0 Å². The molecule has 0 fully saturated rings. The van der Waals surface area contributed by atoms with Crippen LogP contribution < -0.4 is 0 Å². The summed E-state index contributed by atoms with van der Waals surface area (Å²) in [6, 6.07) is 0. The predicted octanol–water partition coefficient (Wildman–Crippen LogP) is 1.93. The van der Waals surface area contributed by atoms with Crippen molar-refractivity contribution in [2.24, 2.45) is 0 Å².